The Kier molecular flexibility index (Phi) is 6.36. The number of piperazine rings is 1. The highest BCUT2D eigenvalue weighted by atomic mass is 16.5. The minimum atomic E-state index is 0.434. The van der Waals surface area contributed by atoms with E-state index in [9.17, 15) is 0 Å². The average Bonchev–Trinajstić information content (AvgIpc) is 2.79. The number of benzene rings is 1. The van der Waals surface area contributed by atoms with Crippen LogP contribution in [0.15, 0.2) is 36.4 Å². The van der Waals surface area contributed by atoms with Crippen molar-refractivity contribution >= 4 is 5.82 Å². The van der Waals surface area contributed by atoms with E-state index in [4.69, 9.17) is 14.5 Å². The van der Waals surface area contributed by atoms with Gasteiger partial charge in [-0.25, -0.2) is 4.98 Å². The fourth-order valence-electron chi connectivity index (χ4n) is 4.38. The van der Waals surface area contributed by atoms with Gasteiger partial charge in [0.05, 0.1) is 7.11 Å². The van der Waals surface area contributed by atoms with Gasteiger partial charge in [0.15, 0.2) is 0 Å². The van der Waals surface area contributed by atoms with Gasteiger partial charge in [0, 0.05) is 51.0 Å². The SMILES string of the molecule is COc1ccc(-c2cc(C(C)C3CCOCC3)nc(N3CCN(C)CC3)c2)cc1. The molecule has 0 aliphatic carbocycles. The van der Waals surface area contributed by atoms with Gasteiger partial charge in [-0.2, -0.15) is 0 Å². The molecule has 5 nitrogen and oxygen atoms in total. The topological polar surface area (TPSA) is 37.8 Å². The molecule has 0 N–H and O–H groups in total. The number of likely N-dealkylation sites (N-methyl/N-ethyl adjacent to an activating group) is 1. The summed E-state index contributed by atoms with van der Waals surface area (Å²) in [5, 5.41) is 0. The van der Waals surface area contributed by atoms with Crippen LogP contribution in [0.25, 0.3) is 11.1 Å². The van der Waals surface area contributed by atoms with Gasteiger partial charge in [-0.1, -0.05) is 19.1 Å². The predicted octanol–water partition coefficient (Wildman–Crippen LogP) is 4.04. The minimum absolute atomic E-state index is 0.434. The Labute approximate surface area is 174 Å². The molecule has 4 rings (SSSR count). The highest BCUT2D eigenvalue weighted by Crippen LogP contribution is 2.35. The van der Waals surface area contributed by atoms with Crippen molar-refractivity contribution in [2.75, 3.05) is 58.5 Å². The zero-order valence-electron chi connectivity index (χ0n) is 17.9. The van der Waals surface area contributed by atoms with E-state index in [1.807, 2.05) is 12.1 Å². The molecule has 1 aromatic heterocycles. The first-order valence-corrected chi connectivity index (χ1v) is 10.8. The molecule has 29 heavy (non-hydrogen) atoms. The zero-order valence-corrected chi connectivity index (χ0v) is 17.9. The smallest absolute Gasteiger partial charge is 0.129 e. The van der Waals surface area contributed by atoms with Gasteiger partial charge in [-0.05, 0) is 61.2 Å². The maximum atomic E-state index is 5.58. The molecule has 156 valence electrons. The van der Waals surface area contributed by atoms with Crippen LogP contribution in [0.2, 0.25) is 0 Å². The molecule has 0 radical (unpaired) electrons. The lowest BCUT2D eigenvalue weighted by molar-refractivity contribution is 0.0592. The summed E-state index contributed by atoms with van der Waals surface area (Å²) < 4.78 is 10.9. The van der Waals surface area contributed by atoms with Crippen LogP contribution < -0.4 is 9.64 Å². The number of aromatic nitrogens is 1. The first-order chi connectivity index (χ1) is 14.1. The van der Waals surface area contributed by atoms with Crippen molar-refractivity contribution in [2.45, 2.75) is 25.7 Å². The first-order valence-electron chi connectivity index (χ1n) is 10.8. The monoisotopic (exact) mass is 395 g/mol. The Hall–Kier alpha value is -2.11. The maximum Gasteiger partial charge on any atom is 0.129 e. The molecule has 0 amide bonds. The first kappa shape index (κ1) is 20.2. The van der Waals surface area contributed by atoms with Crippen LogP contribution in [0.4, 0.5) is 5.82 Å². The molecule has 0 saturated carbocycles. The molecule has 3 heterocycles. The summed E-state index contributed by atoms with van der Waals surface area (Å²) in [7, 11) is 3.90. The van der Waals surface area contributed by atoms with E-state index in [2.05, 4.69) is 48.0 Å². The van der Waals surface area contributed by atoms with Gasteiger partial charge in [-0.3, -0.25) is 0 Å². The fraction of sp³-hybridized carbons (Fsp3) is 0.542. The van der Waals surface area contributed by atoms with Gasteiger partial charge in [0.1, 0.15) is 11.6 Å². The molecular formula is C24H33N3O2. The van der Waals surface area contributed by atoms with Crippen molar-refractivity contribution in [3.05, 3.63) is 42.1 Å². The summed E-state index contributed by atoms with van der Waals surface area (Å²) in [6.07, 6.45) is 2.25. The summed E-state index contributed by atoms with van der Waals surface area (Å²) in [5.41, 5.74) is 3.66. The number of pyridine rings is 1. The van der Waals surface area contributed by atoms with Crippen molar-refractivity contribution in [3.8, 4) is 16.9 Å². The minimum Gasteiger partial charge on any atom is -0.497 e. The van der Waals surface area contributed by atoms with E-state index in [0.717, 1.165) is 63.8 Å². The highest BCUT2D eigenvalue weighted by molar-refractivity contribution is 5.68. The summed E-state index contributed by atoms with van der Waals surface area (Å²) in [6.45, 7) is 8.31. The zero-order chi connectivity index (χ0) is 20.2. The van der Waals surface area contributed by atoms with Crippen LogP contribution in [0.1, 0.15) is 31.4 Å². The Balaban J connectivity index is 1.68. The number of hydrogen-bond acceptors (Lipinski definition) is 5. The van der Waals surface area contributed by atoms with Crippen molar-refractivity contribution in [2.24, 2.45) is 5.92 Å². The Bertz CT molecular complexity index is 794. The van der Waals surface area contributed by atoms with Crippen LogP contribution in [0.3, 0.4) is 0 Å². The second-order valence-electron chi connectivity index (χ2n) is 8.40. The summed E-state index contributed by atoms with van der Waals surface area (Å²) in [4.78, 5) is 9.98. The van der Waals surface area contributed by atoms with Gasteiger partial charge in [-0.15, -0.1) is 0 Å². The van der Waals surface area contributed by atoms with Gasteiger partial charge >= 0.3 is 0 Å². The largest absolute Gasteiger partial charge is 0.497 e. The Morgan fingerprint density at radius 3 is 2.34 bits per heavy atom. The van der Waals surface area contributed by atoms with Crippen LogP contribution in [0, 0.1) is 5.92 Å². The molecular weight excluding hydrogens is 362 g/mol. The third kappa shape index (κ3) is 4.73. The molecule has 5 heteroatoms. The lowest BCUT2D eigenvalue weighted by Crippen LogP contribution is -2.44. The number of anilines is 1. The normalized spacial score (nSPS) is 19.9. The van der Waals surface area contributed by atoms with Crippen molar-refractivity contribution in [1.82, 2.24) is 9.88 Å². The van der Waals surface area contributed by atoms with E-state index in [0.29, 0.717) is 11.8 Å². The molecule has 2 aliphatic rings. The maximum absolute atomic E-state index is 5.58. The molecule has 2 saturated heterocycles. The van der Waals surface area contributed by atoms with Crippen LogP contribution >= 0.6 is 0 Å². The molecule has 0 spiro atoms. The Morgan fingerprint density at radius 1 is 1.00 bits per heavy atom. The summed E-state index contributed by atoms with van der Waals surface area (Å²) >= 11 is 0. The molecule has 0 bridgehead atoms. The lowest BCUT2D eigenvalue weighted by atomic mass is 9.84. The average molecular weight is 396 g/mol. The molecule has 2 aliphatic heterocycles. The van der Waals surface area contributed by atoms with Gasteiger partial charge in [0.25, 0.3) is 0 Å². The van der Waals surface area contributed by atoms with E-state index in [1.54, 1.807) is 7.11 Å². The molecule has 1 atom stereocenters. The van der Waals surface area contributed by atoms with E-state index >= 15 is 0 Å². The second-order valence-corrected chi connectivity index (χ2v) is 8.40. The highest BCUT2D eigenvalue weighted by Gasteiger charge is 2.25. The molecule has 2 fully saturated rings. The summed E-state index contributed by atoms with van der Waals surface area (Å²) in [6, 6.07) is 12.9. The summed E-state index contributed by atoms with van der Waals surface area (Å²) in [5.74, 6) is 3.07. The van der Waals surface area contributed by atoms with E-state index in [1.165, 1.54) is 16.8 Å². The van der Waals surface area contributed by atoms with Crippen LogP contribution in [0.5, 0.6) is 5.75 Å². The number of ether oxygens (including phenoxy) is 2. The molecule has 1 aromatic carbocycles. The fourth-order valence-corrected chi connectivity index (χ4v) is 4.38. The van der Waals surface area contributed by atoms with E-state index in [-0.39, 0.29) is 0 Å². The number of methoxy groups -OCH3 is 1. The second kappa shape index (κ2) is 9.14. The predicted molar refractivity (Wildman–Crippen MR) is 118 cm³/mol. The Morgan fingerprint density at radius 2 is 1.69 bits per heavy atom. The van der Waals surface area contributed by atoms with Crippen LogP contribution in [-0.2, 0) is 4.74 Å². The third-order valence-electron chi connectivity index (χ3n) is 6.52. The molecule has 1 unspecified atom stereocenters. The molecule has 2 aromatic rings. The standard InChI is InChI=1S/C24H33N3O2/c1-18(19-8-14-29-15-9-19)23-16-21(20-4-6-22(28-3)7-5-20)17-24(25-23)27-12-10-26(2)11-13-27/h4-7,16-19H,8-15H2,1-3H3. The van der Waals surface area contributed by atoms with Crippen molar-refractivity contribution in [1.29, 1.82) is 0 Å². The van der Waals surface area contributed by atoms with Gasteiger partial charge < -0.3 is 19.3 Å². The number of hydrogen-bond donors (Lipinski definition) is 0. The van der Waals surface area contributed by atoms with Crippen LogP contribution in [-0.4, -0.2) is 63.4 Å². The van der Waals surface area contributed by atoms with E-state index < -0.39 is 0 Å². The number of rotatable bonds is 5. The lowest BCUT2D eigenvalue weighted by Gasteiger charge is -2.34. The number of nitrogens with zero attached hydrogens (tertiary/aromatic N) is 3. The third-order valence-corrected chi connectivity index (χ3v) is 6.52. The quantitative estimate of drug-likeness (QED) is 0.764. The van der Waals surface area contributed by atoms with Gasteiger partial charge in [0.2, 0.25) is 0 Å². The van der Waals surface area contributed by atoms with Crippen molar-refractivity contribution < 1.29 is 9.47 Å². The van der Waals surface area contributed by atoms with Crippen molar-refractivity contribution in [3.63, 3.8) is 0 Å².